The lowest BCUT2D eigenvalue weighted by atomic mass is 10.1. The number of methoxy groups -OCH3 is 1. The molecule has 126 valence electrons. The van der Waals surface area contributed by atoms with Crippen LogP contribution in [0.4, 0.5) is 4.39 Å². The van der Waals surface area contributed by atoms with Crippen molar-refractivity contribution in [2.45, 2.75) is 20.3 Å². The molecule has 4 nitrogen and oxygen atoms in total. The Balaban J connectivity index is 2.19. The first-order chi connectivity index (χ1) is 11.5. The molecule has 0 saturated heterocycles. The summed E-state index contributed by atoms with van der Waals surface area (Å²) >= 11 is 12.3. The molecule has 0 unspecified atom stereocenters. The number of halogens is 3. The van der Waals surface area contributed by atoms with E-state index in [0.29, 0.717) is 50.3 Å². The molecule has 24 heavy (non-hydrogen) atoms. The zero-order valence-corrected chi connectivity index (χ0v) is 14.8. The zero-order valence-electron chi connectivity index (χ0n) is 13.3. The molecule has 0 amide bonds. The number of fused-ring (bicyclic) bond motifs is 1. The van der Waals surface area contributed by atoms with Gasteiger partial charge in [-0.15, -0.1) is 0 Å². The molecule has 2 heterocycles. The minimum atomic E-state index is -0.437. The third-order valence-corrected chi connectivity index (χ3v) is 4.58. The molecule has 0 atom stereocenters. The van der Waals surface area contributed by atoms with Gasteiger partial charge in [-0.25, -0.2) is 4.98 Å². The Hall–Kier alpha value is -1.98. The van der Waals surface area contributed by atoms with Gasteiger partial charge >= 0.3 is 0 Å². The Morgan fingerprint density at radius 2 is 2.00 bits per heavy atom. The summed E-state index contributed by atoms with van der Waals surface area (Å²) in [7, 11) is 1.50. The van der Waals surface area contributed by atoms with E-state index in [0.717, 1.165) is 5.56 Å². The predicted molar refractivity (Wildman–Crippen MR) is 93.3 cm³/mol. The van der Waals surface area contributed by atoms with Gasteiger partial charge in [0.15, 0.2) is 11.7 Å². The van der Waals surface area contributed by atoms with Gasteiger partial charge in [-0.2, -0.15) is 4.39 Å². The first-order valence-electron chi connectivity index (χ1n) is 7.32. The summed E-state index contributed by atoms with van der Waals surface area (Å²) in [6, 6.07) is 3.31. The molecule has 0 aliphatic rings. The number of H-pyrrole nitrogens is 1. The van der Waals surface area contributed by atoms with Gasteiger partial charge in [0.05, 0.1) is 22.7 Å². The summed E-state index contributed by atoms with van der Waals surface area (Å²) in [5.74, 6) is 0.681. The van der Waals surface area contributed by atoms with Gasteiger partial charge in [0.1, 0.15) is 5.75 Å². The maximum Gasteiger partial charge on any atom is 0.219 e. The summed E-state index contributed by atoms with van der Waals surface area (Å²) in [6.45, 7) is 3.70. The third kappa shape index (κ3) is 2.78. The molecular formula is C17H15Cl2FN2O2. The number of aromatic amines is 1. The highest BCUT2D eigenvalue weighted by Gasteiger charge is 2.21. The molecule has 2 aromatic heterocycles. The molecular weight excluding hydrogens is 354 g/mol. The summed E-state index contributed by atoms with van der Waals surface area (Å²) < 4.78 is 25.3. The van der Waals surface area contributed by atoms with Crippen molar-refractivity contribution in [2.24, 2.45) is 0 Å². The average Bonchev–Trinajstić information content (AvgIpc) is 2.90. The number of nitrogens with zero attached hydrogens (tertiary/aromatic N) is 1. The lowest BCUT2D eigenvalue weighted by molar-refractivity contribution is 0.409. The zero-order chi connectivity index (χ0) is 17.4. The fraction of sp³-hybridized carbons (Fsp3) is 0.235. The van der Waals surface area contributed by atoms with E-state index in [1.807, 2.05) is 13.8 Å². The average molecular weight is 369 g/mol. The van der Waals surface area contributed by atoms with Crippen LogP contribution < -0.4 is 9.47 Å². The maximum atomic E-state index is 14.2. The van der Waals surface area contributed by atoms with E-state index in [1.54, 1.807) is 12.1 Å². The molecule has 0 aliphatic carbocycles. The van der Waals surface area contributed by atoms with Crippen LogP contribution in [-0.4, -0.2) is 17.1 Å². The SMILES string of the molecule is CCc1c(F)[nH]c2c(Oc3cc(C)c(Cl)cn3)cc(OC)c(Cl)c12. The molecule has 0 bridgehead atoms. The topological polar surface area (TPSA) is 47.1 Å². The van der Waals surface area contributed by atoms with E-state index in [1.165, 1.54) is 13.3 Å². The van der Waals surface area contributed by atoms with Gasteiger partial charge in [-0.05, 0) is 18.9 Å². The first kappa shape index (κ1) is 16.9. The van der Waals surface area contributed by atoms with Gasteiger partial charge in [0, 0.05) is 29.3 Å². The number of hydrogen-bond acceptors (Lipinski definition) is 3. The predicted octanol–water partition coefficient (Wildman–Crippen LogP) is 5.68. The highest BCUT2D eigenvalue weighted by Crippen LogP contribution is 2.42. The molecule has 0 aliphatic heterocycles. The molecule has 0 spiro atoms. The Bertz CT molecular complexity index is 925. The second-order valence-corrected chi connectivity index (χ2v) is 6.07. The number of aryl methyl sites for hydroxylation is 2. The molecule has 0 saturated carbocycles. The summed E-state index contributed by atoms with van der Waals surface area (Å²) in [6.07, 6.45) is 1.99. The Morgan fingerprint density at radius 3 is 2.62 bits per heavy atom. The van der Waals surface area contributed by atoms with E-state index in [4.69, 9.17) is 32.7 Å². The largest absolute Gasteiger partial charge is 0.495 e. The van der Waals surface area contributed by atoms with Crippen LogP contribution >= 0.6 is 23.2 Å². The van der Waals surface area contributed by atoms with Gasteiger partial charge < -0.3 is 14.5 Å². The molecule has 7 heteroatoms. The molecule has 0 radical (unpaired) electrons. The van der Waals surface area contributed by atoms with Gasteiger partial charge in [-0.3, -0.25) is 0 Å². The van der Waals surface area contributed by atoms with Gasteiger partial charge in [-0.1, -0.05) is 30.1 Å². The maximum absolute atomic E-state index is 14.2. The second-order valence-electron chi connectivity index (χ2n) is 5.29. The number of benzene rings is 1. The normalized spacial score (nSPS) is 11.1. The van der Waals surface area contributed by atoms with Crippen molar-refractivity contribution < 1.29 is 13.9 Å². The number of pyridine rings is 1. The van der Waals surface area contributed by atoms with Crippen LogP contribution in [0.5, 0.6) is 17.4 Å². The Labute approximate surface area is 148 Å². The molecule has 0 fully saturated rings. The van der Waals surface area contributed by atoms with Crippen molar-refractivity contribution in [1.82, 2.24) is 9.97 Å². The van der Waals surface area contributed by atoms with Crippen molar-refractivity contribution in [1.29, 1.82) is 0 Å². The van der Waals surface area contributed by atoms with Crippen molar-refractivity contribution in [3.05, 3.63) is 45.4 Å². The van der Waals surface area contributed by atoms with E-state index >= 15 is 0 Å². The fourth-order valence-electron chi connectivity index (χ4n) is 2.56. The molecule has 1 N–H and O–H groups in total. The van der Waals surface area contributed by atoms with Gasteiger partial charge in [0.25, 0.3) is 0 Å². The number of aromatic nitrogens is 2. The van der Waals surface area contributed by atoms with Crippen LogP contribution in [0, 0.1) is 12.9 Å². The monoisotopic (exact) mass is 368 g/mol. The first-order valence-corrected chi connectivity index (χ1v) is 8.08. The van der Waals surface area contributed by atoms with Crippen LogP contribution in [0.2, 0.25) is 10.0 Å². The molecule has 3 aromatic rings. The quantitative estimate of drug-likeness (QED) is 0.644. The highest BCUT2D eigenvalue weighted by atomic mass is 35.5. The third-order valence-electron chi connectivity index (χ3n) is 3.81. The Morgan fingerprint density at radius 1 is 1.25 bits per heavy atom. The van der Waals surface area contributed by atoms with Crippen LogP contribution in [0.1, 0.15) is 18.1 Å². The van der Waals surface area contributed by atoms with Gasteiger partial charge in [0.2, 0.25) is 5.88 Å². The smallest absolute Gasteiger partial charge is 0.219 e. The molecule has 1 aromatic carbocycles. The van der Waals surface area contributed by atoms with E-state index in [9.17, 15) is 4.39 Å². The summed E-state index contributed by atoms with van der Waals surface area (Å²) in [5, 5.41) is 1.44. The lowest BCUT2D eigenvalue weighted by Gasteiger charge is -2.11. The summed E-state index contributed by atoms with van der Waals surface area (Å²) in [5.41, 5.74) is 1.77. The number of ether oxygens (including phenoxy) is 2. The van der Waals surface area contributed by atoms with Crippen LogP contribution in [0.15, 0.2) is 18.3 Å². The number of hydrogen-bond donors (Lipinski definition) is 1. The molecule has 3 rings (SSSR count). The Kier molecular flexibility index (Phi) is 4.56. The number of nitrogens with one attached hydrogen (secondary N) is 1. The van der Waals surface area contributed by atoms with Crippen LogP contribution in [-0.2, 0) is 6.42 Å². The van der Waals surface area contributed by atoms with Crippen LogP contribution in [0.25, 0.3) is 10.9 Å². The number of rotatable bonds is 4. The van der Waals surface area contributed by atoms with Crippen molar-refractivity contribution in [3.8, 4) is 17.4 Å². The van der Waals surface area contributed by atoms with E-state index < -0.39 is 5.95 Å². The highest BCUT2D eigenvalue weighted by molar-refractivity contribution is 6.37. The van der Waals surface area contributed by atoms with Crippen molar-refractivity contribution in [2.75, 3.05) is 7.11 Å². The standard InChI is InChI=1S/C17H15Cl2FN2O2/c1-4-9-14-15(19)11(23-3)6-12(16(14)22-17(9)20)24-13-5-8(2)10(18)7-21-13/h5-7,22H,4H2,1-3H3. The van der Waals surface area contributed by atoms with Crippen molar-refractivity contribution >= 4 is 34.1 Å². The van der Waals surface area contributed by atoms with Crippen LogP contribution in [0.3, 0.4) is 0 Å². The van der Waals surface area contributed by atoms with E-state index in [2.05, 4.69) is 9.97 Å². The second kappa shape index (κ2) is 6.49. The minimum Gasteiger partial charge on any atom is -0.495 e. The fourth-order valence-corrected chi connectivity index (χ4v) is 3.00. The van der Waals surface area contributed by atoms with Crippen molar-refractivity contribution in [3.63, 3.8) is 0 Å². The minimum absolute atomic E-state index is 0.343. The van der Waals surface area contributed by atoms with E-state index in [-0.39, 0.29) is 0 Å². The lowest BCUT2D eigenvalue weighted by Crippen LogP contribution is -1.93. The summed E-state index contributed by atoms with van der Waals surface area (Å²) in [4.78, 5) is 6.83.